The lowest BCUT2D eigenvalue weighted by Gasteiger charge is -2.31. The van der Waals surface area contributed by atoms with Crippen molar-refractivity contribution in [3.63, 3.8) is 0 Å². The number of hydrogen-bond donors (Lipinski definition) is 9. The molecule has 694 valence electrons. The largest absolute Gasteiger partial charge is 0.497 e. The molecule has 20 rings (SSSR count). The molecule has 35 nitrogen and oxygen atoms in total. The lowest BCUT2D eigenvalue weighted by atomic mass is 9.88. The normalized spacial score (nSPS) is 18.6. The molecule has 0 saturated carbocycles. The minimum Gasteiger partial charge on any atom is -0.497 e. The van der Waals surface area contributed by atoms with Crippen molar-refractivity contribution in [3.05, 3.63) is 322 Å². The summed E-state index contributed by atoms with van der Waals surface area (Å²) in [5.74, 6) is 14.9. The Kier molecular flexibility index (Phi) is 26.5. The van der Waals surface area contributed by atoms with Gasteiger partial charge in [-0.2, -0.15) is 0 Å². The van der Waals surface area contributed by atoms with Gasteiger partial charge in [0.25, 0.3) is 47.3 Å². The molecule has 4 atom stereocenters. The van der Waals surface area contributed by atoms with Crippen molar-refractivity contribution in [1.29, 1.82) is 0 Å². The van der Waals surface area contributed by atoms with Crippen LogP contribution in [0.3, 0.4) is 0 Å². The number of hydrogen-bond acceptors (Lipinski definition) is 23. The number of aliphatic hydroxyl groups is 1. The van der Waals surface area contributed by atoms with Gasteiger partial charge in [-0.05, 0) is 136 Å². The van der Waals surface area contributed by atoms with Crippen molar-refractivity contribution in [3.8, 4) is 103 Å². The number of amides is 16. The van der Waals surface area contributed by atoms with E-state index in [1.165, 1.54) is 18.1 Å². The molecule has 4 fully saturated rings. The van der Waals surface area contributed by atoms with E-state index in [1.807, 2.05) is 66.7 Å². The van der Waals surface area contributed by atoms with E-state index in [9.17, 15) is 61.9 Å². The summed E-state index contributed by atoms with van der Waals surface area (Å²) in [6.07, 6.45) is 14.2. The molecule has 8 aliphatic rings. The molecule has 0 radical (unpaired) electrons. The first-order chi connectivity index (χ1) is 67.4. The van der Waals surface area contributed by atoms with Crippen LogP contribution in [0.25, 0.3) is 44.9 Å². The van der Waals surface area contributed by atoms with Crippen LogP contribution >= 0.6 is 0 Å². The van der Waals surface area contributed by atoms with Crippen LogP contribution in [0, 0.1) is 41.3 Å². The number of fused-ring (bicyclic) bond motifs is 4. The van der Waals surface area contributed by atoms with Crippen LogP contribution in [-0.2, 0) is 67.5 Å². The van der Waals surface area contributed by atoms with Crippen LogP contribution in [0.1, 0.15) is 99.8 Å². The molecule has 4 aromatic heterocycles. The second kappa shape index (κ2) is 39.8. The van der Waals surface area contributed by atoms with Gasteiger partial charge < -0.3 is 64.9 Å². The van der Waals surface area contributed by atoms with Crippen LogP contribution in [0.5, 0.6) is 23.0 Å². The number of pyridine rings is 2. The number of carbonyl (C=O) groups excluding carboxylic acids is 12. The quantitative estimate of drug-likeness (QED) is 0.0213. The van der Waals surface area contributed by atoms with Crippen molar-refractivity contribution < 1.29 is 86.0 Å². The van der Waals surface area contributed by atoms with Gasteiger partial charge in [-0.3, -0.25) is 89.5 Å². The molecule has 0 unspecified atom stereocenters. The van der Waals surface area contributed by atoms with E-state index in [1.54, 1.807) is 199 Å². The van der Waals surface area contributed by atoms with Crippen molar-refractivity contribution in [2.75, 3.05) is 59.7 Å². The molecule has 0 aliphatic carbocycles. The van der Waals surface area contributed by atoms with Crippen molar-refractivity contribution in [2.24, 2.45) is 0 Å². The van der Waals surface area contributed by atoms with Crippen molar-refractivity contribution in [2.45, 2.75) is 62.2 Å². The molecule has 0 bridgehead atoms. The van der Waals surface area contributed by atoms with Gasteiger partial charge in [0.15, 0.2) is 22.2 Å². The highest BCUT2D eigenvalue weighted by Gasteiger charge is 2.55. The van der Waals surface area contributed by atoms with Gasteiger partial charge in [0, 0.05) is 102 Å². The van der Waals surface area contributed by atoms with Gasteiger partial charge in [0.1, 0.15) is 55.2 Å². The topological polar surface area (TPSA) is 449 Å². The number of urea groups is 4. The Bertz CT molecular complexity index is 7120. The summed E-state index contributed by atoms with van der Waals surface area (Å²) in [4.78, 5) is 185. The second-order valence-corrected chi connectivity index (χ2v) is 32.7. The average molecular weight is 1860 g/mol. The second-order valence-electron chi connectivity index (χ2n) is 32.7. The minimum atomic E-state index is -1.47. The Balaban J connectivity index is 0.000000128. The zero-order valence-electron chi connectivity index (χ0n) is 74.5. The molecule has 9 N–H and O–H groups in total. The third-order valence-corrected chi connectivity index (χ3v) is 24.3. The van der Waals surface area contributed by atoms with Gasteiger partial charge in [-0.25, -0.2) is 23.6 Å². The van der Waals surface area contributed by atoms with E-state index >= 15 is 0 Å². The highest BCUT2D eigenvalue weighted by Crippen LogP contribution is 2.40. The Morgan fingerprint density at radius 1 is 0.345 bits per heavy atom. The number of rotatable bonds is 23. The fourth-order valence-corrected chi connectivity index (χ4v) is 17.3. The van der Waals surface area contributed by atoms with E-state index < -0.39 is 75.7 Å². The summed E-state index contributed by atoms with van der Waals surface area (Å²) in [6.45, 7) is 4.80. The Labute approximate surface area is 793 Å². The summed E-state index contributed by atoms with van der Waals surface area (Å²) >= 11 is 0. The number of methoxy groups -OCH3 is 1. The van der Waals surface area contributed by atoms with E-state index in [0.29, 0.717) is 103 Å². The van der Waals surface area contributed by atoms with Gasteiger partial charge in [-0.1, -0.05) is 151 Å². The van der Waals surface area contributed by atoms with Crippen LogP contribution in [0.2, 0.25) is 0 Å². The number of nitrogens with zero attached hydrogens (tertiary/aromatic N) is 10. The average Bonchev–Trinajstić information content (AvgIpc) is 1.62. The van der Waals surface area contributed by atoms with Gasteiger partial charge in [-0.15, -0.1) is 11.8 Å². The number of aromatic nitrogens is 6. The maximum atomic E-state index is 13.3. The number of benzene rings is 8. The van der Waals surface area contributed by atoms with Crippen LogP contribution in [0.15, 0.2) is 250 Å². The smallest absolute Gasteiger partial charge is 0.322 e. The lowest BCUT2D eigenvalue weighted by Crippen LogP contribution is -2.52. The minimum absolute atomic E-state index is 0.00904. The predicted octanol–water partition coefficient (Wildman–Crippen LogP) is 8.87. The van der Waals surface area contributed by atoms with E-state index in [4.69, 9.17) is 24.1 Å². The van der Waals surface area contributed by atoms with Crippen LogP contribution in [0.4, 0.5) is 23.6 Å². The summed E-state index contributed by atoms with van der Waals surface area (Å²) in [7, 11) is 1.54. The first-order valence-electron chi connectivity index (χ1n) is 43.4. The van der Waals surface area contributed by atoms with E-state index in [0.717, 1.165) is 50.7 Å². The molecule has 36 heteroatoms. The first-order valence-corrected chi connectivity index (χ1v) is 43.4. The SMILES string of the molecule is CC#CCOc1ccc2c(c1)C(=O)N(C[C@@]1(c3ccc(-c4ccc(F)cn4)cc3)NC(=O)NC1=O)C2.CC#CCOc1ccc2c(c1)C(=O)N(C[C@@]1(c3ccc(-c4cnccn4)cc3)NC(=O)NC1=O)C2.COc1ccc2c(c1)C(=O)N(C[C@@]1(c3ccc(-c4cnccn4)cc3)NC(=O)NC1=O)C2.O=C1NC(=O)[C@](CN2Cc3ccc(OCC#CCO)cc3C2=O)(c2ccc(-c3cccnc3)cc2)N1. The molecule has 8 aliphatic heterocycles. The Morgan fingerprint density at radius 2 is 0.676 bits per heavy atom. The standard InChI is InChI=1S/C27H21FN4O4.C27H22N4O5.C26H21N5O4.C23H19N5O4/c1-2-3-12-36-21-10-6-18-15-32(24(33)22(18)13-21)16-27(25(34)30-26(35)31-27)19-7-4-17(5-8-19)23-11-9-20(28)14-29-23;32-12-1-2-13-36-22-10-7-20-16-31(24(33)23(20)14-22)17-27(25(34)29-26(35)30-27)21-8-5-18(6-9-21)19-4-3-11-28-15-19;1-2-3-12-35-20-9-6-18-15-31(23(32)21(18)13-20)16-26(24(33)29-25(34)30-26)19-7-4-17(5-8-19)22-14-27-10-11-28-22;1-32-17-7-4-15-12-28(20(29)18(15)10-17)13-23(21(30)26-22(31)27-23)16-5-2-14(3-6-16)19-11-24-8-9-25-19/h4-11,13-14H,12,15-16H2,1H3,(H2,30,31,34,35);3-11,14-15,32H,12-13,16-17H2,(H2,29,30,34,35);4-11,13-14H,12,15-16H2,1H3,(H2,29,30,33,34);2-11H,12-13H2,1H3,(H2,26,27,30,31)/t2*27-;26-;23-/m0000/s1. The first kappa shape index (κ1) is 92.5. The predicted molar refractivity (Wildman–Crippen MR) is 497 cm³/mol. The number of carbonyl (C=O) groups is 12. The number of imide groups is 4. The van der Waals surface area contributed by atoms with E-state index in [2.05, 4.69) is 108 Å². The molecule has 12 heterocycles. The molecular weight excluding hydrogens is 1780 g/mol. The Morgan fingerprint density at radius 3 is 0.971 bits per heavy atom. The summed E-state index contributed by atoms with van der Waals surface area (Å²) in [6, 6.07) is 53.6. The highest BCUT2D eigenvalue weighted by molar-refractivity contribution is 6.12. The Hall–Kier alpha value is -18.4. The van der Waals surface area contributed by atoms with Gasteiger partial charge in [0.05, 0.1) is 69.0 Å². The number of aliphatic hydroxyl groups excluding tert-OH is 1. The zero-order valence-corrected chi connectivity index (χ0v) is 74.5. The molecule has 8 aromatic carbocycles. The van der Waals surface area contributed by atoms with Crippen LogP contribution in [-0.4, -0.2) is 186 Å². The molecule has 0 spiro atoms. The third-order valence-electron chi connectivity index (χ3n) is 24.3. The summed E-state index contributed by atoms with van der Waals surface area (Å²) < 4.78 is 35.1. The number of nitrogens with one attached hydrogen (secondary N) is 8. The number of ether oxygens (including phenoxy) is 4. The van der Waals surface area contributed by atoms with E-state index in [-0.39, 0.29) is 89.3 Å². The monoisotopic (exact) mass is 1860 g/mol. The fourth-order valence-electron chi connectivity index (χ4n) is 17.3. The van der Waals surface area contributed by atoms with Crippen LogP contribution < -0.4 is 61.5 Å². The molecule has 4 saturated heterocycles. The molecule has 139 heavy (non-hydrogen) atoms. The summed E-state index contributed by atoms with van der Waals surface area (Å²) in [5, 5.41) is 28.9. The molecule has 16 amide bonds. The third kappa shape index (κ3) is 19.2. The number of halogens is 1. The van der Waals surface area contributed by atoms with Crippen molar-refractivity contribution in [1.82, 2.24) is 92.0 Å². The van der Waals surface area contributed by atoms with Gasteiger partial charge >= 0.3 is 24.1 Å². The molecule has 12 aromatic rings. The van der Waals surface area contributed by atoms with Crippen molar-refractivity contribution >= 4 is 71.4 Å². The summed E-state index contributed by atoms with van der Waals surface area (Å²) in [5.41, 5.74) is 7.79. The fraction of sp³-hybridized carbons (Fsp3) is 0.184. The molecular formula is C103H83FN18O17. The lowest BCUT2D eigenvalue weighted by molar-refractivity contribution is -0.125. The maximum Gasteiger partial charge on any atom is 0.322 e. The highest BCUT2D eigenvalue weighted by atomic mass is 19.1. The van der Waals surface area contributed by atoms with Gasteiger partial charge in [0.2, 0.25) is 0 Å². The maximum absolute atomic E-state index is 13.3. The zero-order chi connectivity index (χ0) is 97.1.